The number of fused-ring (bicyclic) bond motifs is 1. The predicted molar refractivity (Wildman–Crippen MR) is 96.2 cm³/mol. The number of nitrogens with one attached hydrogen (secondary N) is 2. The third kappa shape index (κ3) is 3.40. The Bertz CT molecular complexity index is 890. The lowest BCUT2D eigenvalue weighted by molar-refractivity contribution is 0.234. The van der Waals surface area contributed by atoms with Gasteiger partial charge in [0.1, 0.15) is 0 Å². The van der Waals surface area contributed by atoms with E-state index in [0.29, 0.717) is 41.5 Å². The lowest BCUT2D eigenvalue weighted by atomic mass is 10.1. The van der Waals surface area contributed by atoms with E-state index >= 15 is 0 Å². The zero-order chi connectivity index (χ0) is 18.0. The quantitative estimate of drug-likeness (QED) is 0.791. The van der Waals surface area contributed by atoms with Gasteiger partial charge in [-0.3, -0.25) is 14.7 Å². The molecule has 0 atom stereocenters. The maximum Gasteiger partial charge on any atom is 0.255 e. The van der Waals surface area contributed by atoms with Crippen molar-refractivity contribution in [3.63, 3.8) is 0 Å². The molecule has 0 aliphatic carbocycles. The molecular formula is C17H21N3O4S. The monoisotopic (exact) mass is 363 g/mol. The number of hydrogen-bond donors (Lipinski definition) is 2. The van der Waals surface area contributed by atoms with E-state index in [-0.39, 0.29) is 5.56 Å². The van der Waals surface area contributed by atoms with Crippen molar-refractivity contribution < 1.29 is 14.2 Å². The molecule has 1 aliphatic rings. The predicted octanol–water partition coefficient (Wildman–Crippen LogP) is 2.02. The Morgan fingerprint density at radius 2 is 1.88 bits per heavy atom. The van der Waals surface area contributed by atoms with Crippen LogP contribution >= 0.6 is 12.2 Å². The fourth-order valence-corrected chi connectivity index (χ4v) is 3.41. The number of H-pyrrole nitrogens is 2. The lowest BCUT2D eigenvalue weighted by Crippen LogP contribution is -2.34. The zero-order valence-corrected chi connectivity index (χ0v) is 15.3. The van der Waals surface area contributed by atoms with Crippen LogP contribution in [-0.2, 0) is 19.5 Å². The minimum atomic E-state index is -0.0953. The summed E-state index contributed by atoms with van der Waals surface area (Å²) in [6.45, 7) is 2.06. The molecule has 25 heavy (non-hydrogen) atoms. The standard InChI is InChI=1S/C17H21N3O4S/c1-22-13-5-4-10(14(23-2)15(13)24-3)8-20-7-6-11-12(9-20)18-17(25)19-16(11)21/h4-5H,6-9H2,1-3H3,(H2,18,19,21,25). The van der Waals surface area contributed by atoms with E-state index in [1.165, 1.54) is 0 Å². The molecule has 7 nitrogen and oxygen atoms in total. The molecule has 2 heterocycles. The van der Waals surface area contributed by atoms with Gasteiger partial charge in [-0.15, -0.1) is 0 Å². The van der Waals surface area contributed by atoms with Crippen LogP contribution in [0.5, 0.6) is 17.2 Å². The van der Waals surface area contributed by atoms with Gasteiger partial charge in [0.05, 0.1) is 21.3 Å². The van der Waals surface area contributed by atoms with E-state index in [2.05, 4.69) is 14.9 Å². The van der Waals surface area contributed by atoms with Gasteiger partial charge in [0.15, 0.2) is 16.3 Å². The smallest absolute Gasteiger partial charge is 0.255 e. The molecule has 3 rings (SSSR count). The molecule has 0 spiro atoms. The summed E-state index contributed by atoms with van der Waals surface area (Å²) in [6.07, 6.45) is 0.673. The fraction of sp³-hybridized carbons (Fsp3) is 0.412. The molecule has 1 aromatic heterocycles. The fourth-order valence-electron chi connectivity index (χ4n) is 3.19. The highest BCUT2D eigenvalue weighted by Gasteiger charge is 2.22. The second-order valence-corrected chi connectivity index (χ2v) is 6.23. The van der Waals surface area contributed by atoms with E-state index < -0.39 is 0 Å². The van der Waals surface area contributed by atoms with Gasteiger partial charge < -0.3 is 19.2 Å². The van der Waals surface area contributed by atoms with Crippen molar-refractivity contribution in [3.05, 3.63) is 44.1 Å². The number of rotatable bonds is 5. The van der Waals surface area contributed by atoms with Gasteiger partial charge in [-0.25, -0.2) is 0 Å². The first-order valence-corrected chi connectivity index (χ1v) is 8.32. The Kier molecular flexibility index (Phi) is 5.10. The second-order valence-electron chi connectivity index (χ2n) is 5.82. The van der Waals surface area contributed by atoms with E-state index in [1.54, 1.807) is 21.3 Å². The van der Waals surface area contributed by atoms with Crippen molar-refractivity contribution in [1.29, 1.82) is 0 Å². The van der Waals surface area contributed by atoms with Crippen LogP contribution in [0.25, 0.3) is 0 Å². The molecule has 0 fully saturated rings. The zero-order valence-electron chi connectivity index (χ0n) is 14.5. The van der Waals surface area contributed by atoms with Crippen LogP contribution in [0.4, 0.5) is 0 Å². The first-order valence-electron chi connectivity index (χ1n) is 7.92. The van der Waals surface area contributed by atoms with Gasteiger partial charge in [0.2, 0.25) is 5.75 Å². The van der Waals surface area contributed by atoms with Crippen LogP contribution in [0.15, 0.2) is 16.9 Å². The highest BCUT2D eigenvalue weighted by Crippen LogP contribution is 2.40. The number of hydrogen-bond acceptors (Lipinski definition) is 6. The van der Waals surface area contributed by atoms with Crippen LogP contribution in [0, 0.1) is 4.77 Å². The summed E-state index contributed by atoms with van der Waals surface area (Å²) in [5.74, 6) is 1.87. The summed E-state index contributed by atoms with van der Waals surface area (Å²) in [6, 6.07) is 3.84. The number of aromatic amines is 2. The molecule has 1 aliphatic heterocycles. The molecule has 0 unspecified atom stereocenters. The summed E-state index contributed by atoms with van der Waals surface area (Å²) in [7, 11) is 4.80. The van der Waals surface area contributed by atoms with Crippen LogP contribution in [0.3, 0.4) is 0 Å². The van der Waals surface area contributed by atoms with Gasteiger partial charge in [0, 0.05) is 36.5 Å². The summed E-state index contributed by atoms with van der Waals surface area (Å²) in [4.78, 5) is 20.0. The summed E-state index contributed by atoms with van der Waals surface area (Å²) >= 11 is 5.07. The summed E-state index contributed by atoms with van der Waals surface area (Å²) < 4.78 is 16.7. The Hall–Kier alpha value is -2.32. The molecule has 0 radical (unpaired) electrons. The third-order valence-electron chi connectivity index (χ3n) is 4.37. The molecule has 0 saturated carbocycles. The molecule has 2 aromatic rings. The Balaban J connectivity index is 1.88. The molecular weight excluding hydrogens is 342 g/mol. The van der Waals surface area contributed by atoms with Crippen molar-refractivity contribution in [2.75, 3.05) is 27.9 Å². The van der Waals surface area contributed by atoms with Crippen molar-refractivity contribution in [2.24, 2.45) is 0 Å². The van der Waals surface area contributed by atoms with E-state index in [9.17, 15) is 4.79 Å². The molecule has 2 N–H and O–H groups in total. The maximum absolute atomic E-state index is 12.0. The van der Waals surface area contributed by atoms with Crippen LogP contribution in [0.2, 0.25) is 0 Å². The molecule has 0 bridgehead atoms. The molecule has 0 amide bonds. The average Bonchev–Trinajstić information content (AvgIpc) is 2.60. The van der Waals surface area contributed by atoms with Crippen LogP contribution < -0.4 is 19.8 Å². The Morgan fingerprint density at radius 3 is 2.56 bits per heavy atom. The topological polar surface area (TPSA) is 79.6 Å². The van der Waals surface area contributed by atoms with Gasteiger partial charge in [-0.1, -0.05) is 6.07 Å². The van der Waals surface area contributed by atoms with Gasteiger partial charge in [-0.05, 0) is 24.7 Å². The van der Waals surface area contributed by atoms with Crippen molar-refractivity contribution in [1.82, 2.24) is 14.9 Å². The first-order chi connectivity index (χ1) is 12.1. The number of ether oxygens (including phenoxy) is 3. The number of aromatic nitrogens is 2. The molecule has 0 saturated heterocycles. The minimum Gasteiger partial charge on any atom is -0.493 e. The Labute approximate surface area is 150 Å². The highest BCUT2D eigenvalue weighted by molar-refractivity contribution is 7.71. The maximum atomic E-state index is 12.0. The van der Waals surface area contributed by atoms with Gasteiger partial charge in [0.25, 0.3) is 5.56 Å². The van der Waals surface area contributed by atoms with E-state index in [0.717, 1.165) is 23.4 Å². The molecule has 8 heteroatoms. The third-order valence-corrected chi connectivity index (χ3v) is 4.57. The van der Waals surface area contributed by atoms with Crippen LogP contribution in [0.1, 0.15) is 16.8 Å². The first kappa shape index (κ1) is 17.5. The van der Waals surface area contributed by atoms with Crippen LogP contribution in [-0.4, -0.2) is 42.7 Å². The molecule has 134 valence electrons. The van der Waals surface area contributed by atoms with E-state index in [1.807, 2.05) is 12.1 Å². The lowest BCUT2D eigenvalue weighted by Gasteiger charge is -2.28. The SMILES string of the molecule is COc1ccc(CN2CCc3c([nH]c(=S)[nH]c3=O)C2)c(OC)c1OC. The minimum absolute atomic E-state index is 0.0953. The van der Waals surface area contributed by atoms with Gasteiger partial charge >= 0.3 is 0 Å². The Morgan fingerprint density at radius 1 is 1.12 bits per heavy atom. The van der Waals surface area contributed by atoms with E-state index in [4.69, 9.17) is 26.4 Å². The normalized spacial score (nSPS) is 14.0. The molecule has 1 aromatic carbocycles. The van der Waals surface area contributed by atoms with Gasteiger partial charge in [-0.2, -0.15) is 0 Å². The summed E-state index contributed by atoms with van der Waals surface area (Å²) in [5, 5.41) is 0. The highest BCUT2D eigenvalue weighted by atomic mass is 32.1. The number of benzene rings is 1. The number of methoxy groups -OCH3 is 3. The van der Waals surface area contributed by atoms with Crippen molar-refractivity contribution >= 4 is 12.2 Å². The second kappa shape index (κ2) is 7.28. The van der Waals surface area contributed by atoms with Crippen molar-refractivity contribution in [2.45, 2.75) is 19.5 Å². The average molecular weight is 363 g/mol. The number of nitrogens with zero attached hydrogens (tertiary/aromatic N) is 1. The summed E-state index contributed by atoms with van der Waals surface area (Å²) in [5.41, 5.74) is 2.55. The van der Waals surface area contributed by atoms with Crippen molar-refractivity contribution in [3.8, 4) is 17.2 Å². The largest absolute Gasteiger partial charge is 0.493 e.